The predicted octanol–water partition coefficient (Wildman–Crippen LogP) is 3.86. The molecule has 1 aromatic carbocycles. The minimum Gasteiger partial charge on any atom is -0.326 e. The van der Waals surface area contributed by atoms with E-state index in [4.69, 9.17) is 0 Å². The maximum atomic E-state index is 11.9. The van der Waals surface area contributed by atoms with E-state index >= 15 is 0 Å². The summed E-state index contributed by atoms with van der Waals surface area (Å²) in [4.78, 5) is 22.9. The van der Waals surface area contributed by atoms with E-state index in [-0.39, 0.29) is 11.9 Å². The molecule has 0 spiro atoms. The van der Waals surface area contributed by atoms with E-state index in [0.29, 0.717) is 17.3 Å². The van der Waals surface area contributed by atoms with Gasteiger partial charge in [0.25, 0.3) is 0 Å². The third-order valence-corrected chi connectivity index (χ3v) is 3.87. The van der Waals surface area contributed by atoms with Gasteiger partial charge in [-0.1, -0.05) is 24.5 Å². The highest BCUT2D eigenvalue weighted by Crippen LogP contribution is 2.30. The van der Waals surface area contributed by atoms with Gasteiger partial charge in [-0.05, 0) is 43.9 Å². The first-order chi connectivity index (χ1) is 10.5. The fourth-order valence-electron chi connectivity index (χ4n) is 2.72. The Morgan fingerprint density at radius 1 is 1.09 bits per heavy atom. The predicted molar refractivity (Wildman–Crippen MR) is 88.6 cm³/mol. The van der Waals surface area contributed by atoms with Gasteiger partial charge in [0.1, 0.15) is 0 Å². The van der Waals surface area contributed by atoms with Crippen molar-refractivity contribution in [2.75, 3.05) is 10.6 Å². The Morgan fingerprint density at radius 2 is 1.73 bits per heavy atom. The van der Waals surface area contributed by atoms with E-state index in [9.17, 15) is 9.59 Å². The summed E-state index contributed by atoms with van der Waals surface area (Å²) in [7, 11) is 0. The average Bonchev–Trinajstić information content (AvgIpc) is 2.98. The molecule has 0 aromatic heterocycles. The van der Waals surface area contributed by atoms with E-state index in [2.05, 4.69) is 22.9 Å². The van der Waals surface area contributed by atoms with E-state index in [1.807, 2.05) is 0 Å². The lowest BCUT2D eigenvalue weighted by molar-refractivity contribution is -0.114. The van der Waals surface area contributed by atoms with Gasteiger partial charge in [0, 0.05) is 24.5 Å². The molecule has 1 aliphatic carbocycles. The van der Waals surface area contributed by atoms with Crippen LogP contribution in [0, 0.1) is 5.92 Å². The molecule has 0 saturated heterocycles. The van der Waals surface area contributed by atoms with Crippen LogP contribution in [0.4, 0.5) is 16.2 Å². The molecular weight excluding hydrogens is 278 g/mol. The maximum absolute atomic E-state index is 11.9. The molecule has 2 rings (SSSR count). The zero-order chi connectivity index (χ0) is 15.9. The summed E-state index contributed by atoms with van der Waals surface area (Å²) in [6, 6.07) is 6.76. The second-order valence-electron chi connectivity index (χ2n) is 5.73. The third kappa shape index (κ3) is 4.91. The summed E-state index contributed by atoms with van der Waals surface area (Å²) in [5.41, 5.74) is 2.51. The number of anilines is 2. The second-order valence-corrected chi connectivity index (χ2v) is 5.73. The van der Waals surface area contributed by atoms with Gasteiger partial charge in [0.15, 0.2) is 0 Å². The molecule has 1 fully saturated rings. The molecular formula is C17H23N3O2. The average molecular weight is 301 g/mol. The molecule has 5 heteroatoms. The number of rotatable bonds is 4. The topological polar surface area (TPSA) is 70.2 Å². The fourth-order valence-corrected chi connectivity index (χ4v) is 2.72. The van der Waals surface area contributed by atoms with Gasteiger partial charge in [0.2, 0.25) is 5.91 Å². The van der Waals surface area contributed by atoms with Gasteiger partial charge in [-0.25, -0.2) is 4.79 Å². The number of urea groups is 1. The molecule has 22 heavy (non-hydrogen) atoms. The lowest BCUT2D eigenvalue weighted by atomic mass is 10.0. The quantitative estimate of drug-likeness (QED) is 0.790. The smallest absolute Gasteiger partial charge is 0.323 e. The highest BCUT2D eigenvalue weighted by atomic mass is 16.2. The lowest BCUT2D eigenvalue weighted by Crippen LogP contribution is -2.24. The first-order valence-corrected chi connectivity index (χ1v) is 7.66. The van der Waals surface area contributed by atoms with E-state index in [1.54, 1.807) is 30.5 Å². The number of hydrogen-bond donors (Lipinski definition) is 3. The van der Waals surface area contributed by atoms with Crippen molar-refractivity contribution >= 4 is 23.3 Å². The van der Waals surface area contributed by atoms with Crippen LogP contribution in [0.1, 0.15) is 39.5 Å². The van der Waals surface area contributed by atoms with Crippen molar-refractivity contribution in [3.63, 3.8) is 0 Å². The maximum Gasteiger partial charge on any atom is 0.323 e. The van der Waals surface area contributed by atoms with Crippen molar-refractivity contribution in [1.29, 1.82) is 0 Å². The summed E-state index contributed by atoms with van der Waals surface area (Å²) in [6.07, 6.45) is 6.77. The fraction of sp³-hybridized carbons (Fsp3) is 0.412. The summed E-state index contributed by atoms with van der Waals surface area (Å²) < 4.78 is 0. The molecule has 0 unspecified atom stereocenters. The van der Waals surface area contributed by atoms with Gasteiger partial charge in [-0.15, -0.1) is 0 Å². The second kappa shape index (κ2) is 7.64. The molecule has 1 saturated carbocycles. The zero-order valence-corrected chi connectivity index (χ0v) is 13.1. The van der Waals surface area contributed by atoms with Crippen LogP contribution in [-0.4, -0.2) is 11.9 Å². The standard InChI is InChI=1S/C17H23N3O2/c1-12(14-6-3-4-7-14)11-18-17(22)20-16-9-5-8-15(10-16)19-13(2)21/h5,8-11,14H,3-4,6-7H2,1-2H3,(H,19,21)(H2,18,20,22)/b12-11+. The summed E-state index contributed by atoms with van der Waals surface area (Å²) >= 11 is 0. The Morgan fingerprint density at radius 3 is 2.36 bits per heavy atom. The van der Waals surface area contributed by atoms with E-state index < -0.39 is 0 Å². The number of allylic oxidation sites excluding steroid dienone is 1. The molecule has 1 aliphatic rings. The van der Waals surface area contributed by atoms with Gasteiger partial charge in [-0.2, -0.15) is 0 Å². The Balaban J connectivity index is 1.88. The lowest BCUT2D eigenvalue weighted by Gasteiger charge is -2.11. The van der Waals surface area contributed by atoms with Gasteiger partial charge >= 0.3 is 6.03 Å². The first-order valence-electron chi connectivity index (χ1n) is 7.66. The molecule has 118 valence electrons. The summed E-state index contributed by atoms with van der Waals surface area (Å²) in [5, 5.41) is 8.21. The molecule has 3 amide bonds. The monoisotopic (exact) mass is 301 g/mol. The van der Waals surface area contributed by atoms with Crippen LogP contribution in [0.3, 0.4) is 0 Å². The van der Waals surface area contributed by atoms with Crippen molar-refractivity contribution < 1.29 is 9.59 Å². The molecule has 0 radical (unpaired) electrons. The first kappa shape index (κ1) is 16.1. The van der Waals surface area contributed by atoms with E-state index in [0.717, 1.165) is 0 Å². The number of carbonyl (C=O) groups is 2. The Hall–Kier alpha value is -2.30. The third-order valence-electron chi connectivity index (χ3n) is 3.87. The highest BCUT2D eigenvalue weighted by Gasteiger charge is 2.16. The summed E-state index contributed by atoms with van der Waals surface area (Å²) in [5.74, 6) is 0.458. The summed E-state index contributed by atoms with van der Waals surface area (Å²) in [6.45, 7) is 3.51. The zero-order valence-electron chi connectivity index (χ0n) is 13.1. The van der Waals surface area contributed by atoms with Crippen LogP contribution in [0.2, 0.25) is 0 Å². The van der Waals surface area contributed by atoms with Crippen molar-refractivity contribution in [3.05, 3.63) is 36.0 Å². The Labute approximate surface area is 131 Å². The highest BCUT2D eigenvalue weighted by molar-refractivity contribution is 5.92. The van der Waals surface area contributed by atoms with Crippen LogP contribution < -0.4 is 16.0 Å². The van der Waals surface area contributed by atoms with Gasteiger partial charge < -0.3 is 16.0 Å². The molecule has 3 N–H and O–H groups in total. The van der Waals surface area contributed by atoms with Gasteiger partial charge in [-0.3, -0.25) is 4.79 Å². The van der Waals surface area contributed by atoms with Crippen LogP contribution >= 0.6 is 0 Å². The normalized spacial score (nSPS) is 15.5. The number of benzene rings is 1. The SMILES string of the molecule is CC(=O)Nc1cccc(NC(=O)N/C=C(\C)C2CCCC2)c1. The molecule has 0 aliphatic heterocycles. The molecule has 0 bridgehead atoms. The van der Waals surface area contributed by atoms with Crippen molar-refractivity contribution in [2.45, 2.75) is 39.5 Å². The molecule has 0 atom stereocenters. The number of hydrogen-bond acceptors (Lipinski definition) is 2. The van der Waals surface area contributed by atoms with Crippen molar-refractivity contribution in [2.24, 2.45) is 5.92 Å². The minimum absolute atomic E-state index is 0.142. The number of nitrogens with one attached hydrogen (secondary N) is 3. The number of amides is 3. The Kier molecular flexibility index (Phi) is 5.58. The minimum atomic E-state index is -0.280. The molecule has 5 nitrogen and oxygen atoms in total. The van der Waals surface area contributed by atoms with Crippen molar-refractivity contribution in [1.82, 2.24) is 5.32 Å². The number of carbonyl (C=O) groups excluding carboxylic acids is 2. The molecule has 1 aromatic rings. The van der Waals surface area contributed by atoms with Crippen molar-refractivity contribution in [3.8, 4) is 0 Å². The molecule has 0 heterocycles. The van der Waals surface area contributed by atoms with Crippen LogP contribution in [0.25, 0.3) is 0 Å². The Bertz CT molecular complexity index is 575. The van der Waals surface area contributed by atoms with Crippen LogP contribution in [0.15, 0.2) is 36.0 Å². The van der Waals surface area contributed by atoms with Crippen LogP contribution in [0.5, 0.6) is 0 Å². The van der Waals surface area contributed by atoms with Crippen LogP contribution in [-0.2, 0) is 4.79 Å². The van der Waals surface area contributed by atoms with E-state index in [1.165, 1.54) is 38.2 Å². The van der Waals surface area contributed by atoms with Gasteiger partial charge in [0.05, 0.1) is 0 Å². The largest absolute Gasteiger partial charge is 0.326 e.